The second-order valence-corrected chi connectivity index (χ2v) is 4.34. The molecule has 0 aliphatic carbocycles. The highest BCUT2D eigenvalue weighted by atomic mass is 35.5. The van der Waals surface area contributed by atoms with Crippen LogP contribution in [0.4, 0.5) is 5.69 Å². The van der Waals surface area contributed by atoms with Crippen molar-refractivity contribution in [3.8, 4) is 11.4 Å². The third-order valence-electron chi connectivity index (χ3n) is 2.47. The van der Waals surface area contributed by atoms with Crippen molar-refractivity contribution in [2.24, 2.45) is 0 Å². The fourth-order valence-corrected chi connectivity index (χ4v) is 2.09. The third-order valence-corrected chi connectivity index (χ3v) is 3.02. The maximum atomic E-state index is 11.0. The van der Waals surface area contributed by atoms with Crippen LogP contribution >= 0.6 is 23.8 Å². The van der Waals surface area contributed by atoms with Crippen LogP contribution in [-0.2, 0) is 6.54 Å². The van der Waals surface area contributed by atoms with Crippen LogP contribution in [0.2, 0.25) is 5.02 Å². The summed E-state index contributed by atoms with van der Waals surface area (Å²) in [5, 5.41) is 18.0. The largest absolute Gasteiger partial charge is 0.300 e. The summed E-state index contributed by atoms with van der Waals surface area (Å²) in [6.45, 7) is 2.46. The molecule has 0 saturated heterocycles. The highest BCUT2D eigenvalue weighted by molar-refractivity contribution is 7.71. The topological polar surface area (TPSA) is 76.8 Å². The van der Waals surface area contributed by atoms with Gasteiger partial charge in [-0.3, -0.25) is 15.2 Å². The van der Waals surface area contributed by atoms with Crippen molar-refractivity contribution >= 4 is 29.5 Å². The fraction of sp³-hybridized carbons (Fsp3) is 0.200. The summed E-state index contributed by atoms with van der Waals surface area (Å²) < 4.78 is 2.11. The number of aromatic amines is 1. The fourth-order valence-electron chi connectivity index (χ4n) is 1.66. The number of benzene rings is 1. The molecule has 0 aliphatic heterocycles. The predicted molar refractivity (Wildman–Crippen MR) is 70.2 cm³/mol. The van der Waals surface area contributed by atoms with E-state index in [0.717, 1.165) is 0 Å². The number of hydrogen-bond donors (Lipinski definition) is 1. The molecule has 0 radical (unpaired) electrons. The lowest BCUT2D eigenvalue weighted by molar-refractivity contribution is -0.384. The van der Waals surface area contributed by atoms with E-state index in [-0.39, 0.29) is 5.69 Å². The third kappa shape index (κ3) is 2.14. The summed E-state index contributed by atoms with van der Waals surface area (Å²) in [6, 6.07) is 4.45. The van der Waals surface area contributed by atoms with Gasteiger partial charge in [0.05, 0.1) is 10.5 Å². The van der Waals surface area contributed by atoms with Crippen LogP contribution in [0, 0.1) is 14.9 Å². The molecule has 8 heteroatoms. The number of nitro groups is 1. The average molecular weight is 285 g/mol. The van der Waals surface area contributed by atoms with Gasteiger partial charge in [0.25, 0.3) is 5.69 Å². The maximum absolute atomic E-state index is 11.0. The Labute approximate surface area is 112 Å². The van der Waals surface area contributed by atoms with Gasteiger partial charge in [-0.25, -0.2) is 0 Å². The van der Waals surface area contributed by atoms with Crippen molar-refractivity contribution in [1.29, 1.82) is 0 Å². The van der Waals surface area contributed by atoms with Crippen molar-refractivity contribution in [3.63, 3.8) is 0 Å². The molecule has 0 atom stereocenters. The molecule has 94 valence electrons. The second-order valence-electron chi connectivity index (χ2n) is 3.52. The molecule has 1 N–H and O–H groups in total. The summed E-state index contributed by atoms with van der Waals surface area (Å²) in [4.78, 5) is 10.5. The van der Waals surface area contributed by atoms with Crippen LogP contribution in [0.25, 0.3) is 11.4 Å². The summed E-state index contributed by atoms with van der Waals surface area (Å²) in [6.07, 6.45) is 0. The summed E-state index contributed by atoms with van der Waals surface area (Å²) in [5.41, 5.74) is 0.296. The summed E-state index contributed by atoms with van der Waals surface area (Å²) >= 11 is 10.8. The van der Waals surface area contributed by atoms with Crippen molar-refractivity contribution in [1.82, 2.24) is 14.8 Å². The minimum absolute atomic E-state index is 0.0915. The van der Waals surface area contributed by atoms with Gasteiger partial charge in [-0.15, -0.1) is 0 Å². The first kappa shape index (κ1) is 12.7. The van der Waals surface area contributed by atoms with E-state index in [0.29, 0.717) is 27.7 Å². The van der Waals surface area contributed by atoms with Gasteiger partial charge in [-0.1, -0.05) is 11.6 Å². The van der Waals surface area contributed by atoms with Gasteiger partial charge < -0.3 is 4.57 Å². The Hall–Kier alpha value is -1.73. The lowest BCUT2D eigenvalue weighted by Crippen LogP contribution is -2.00. The van der Waals surface area contributed by atoms with Gasteiger partial charge in [-0.05, 0) is 31.3 Å². The number of nitrogens with one attached hydrogen (secondary N) is 1. The SMILES string of the molecule is CCn1c(-c2ccc(Cl)cc2[N+](=O)[O-])n[nH]c1=S. The van der Waals surface area contributed by atoms with E-state index in [1.807, 2.05) is 6.92 Å². The first-order valence-corrected chi connectivity index (χ1v) is 5.92. The molecule has 0 aliphatic rings. The molecular weight excluding hydrogens is 276 g/mol. The van der Waals surface area contributed by atoms with Crippen LogP contribution in [0.3, 0.4) is 0 Å². The molecule has 0 spiro atoms. The Morgan fingerprint density at radius 2 is 2.33 bits per heavy atom. The van der Waals surface area contributed by atoms with Crippen molar-refractivity contribution in [2.45, 2.75) is 13.5 Å². The smallest absolute Gasteiger partial charge is 0.281 e. The molecule has 1 aromatic heterocycles. The molecule has 0 saturated carbocycles. The Kier molecular flexibility index (Phi) is 3.44. The van der Waals surface area contributed by atoms with Crippen molar-refractivity contribution in [2.75, 3.05) is 0 Å². The van der Waals surface area contributed by atoms with Gasteiger partial charge in [0, 0.05) is 17.6 Å². The quantitative estimate of drug-likeness (QED) is 0.533. The number of hydrogen-bond acceptors (Lipinski definition) is 4. The van der Waals surface area contributed by atoms with Crippen LogP contribution < -0.4 is 0 Å². The van der Waals surface area contributed by atoms with E-state index < -0.39 is 4.92 Å². The number of nitro benzene ring substituents is 1. The minimum Gasteiger partial charge on any atom is -0.300 e. The number of H-pyrrole nitrogens is 1. The first-order valence-electron chi connectivity index (χ1n) is 5.14. The van der Waals surface area contributed by atoms with Crippen LogP contribution in [-0.4, -0.2) is 19.7 Å². The molecule has 0 bridgehead atoms. The lowest BCUT2D eigenvalue weighted by atomic mass is 10.1. The van der Waals surface area contributed by atoms with E-state index in [2.05, 4.69) is 10.2 Å². The van der Waals surface area contributed by atoms with Crippen LogP contribution in [0.15, 0.2) is 18.2 Å². The zero-order chi connectivity index (χ0) is 13.3. The molecule has 1 aromatic carbocycles. The maximum Gasteiger partial charge on any atom is 0.281 e. The van der Waals surface area contributed by atoms with Gasteiger partial charge >= 0.3 is 0 Å². The lowest BCUT2D eigenvalue weighted by Gasteiger charge is -2.04. The monoisotopic (exact) mass is 284 g/mol. The van der Waals surface area contributed by atoms with E-state index in [9.17, 15) is 10.1 Å². The Morgan fingerprint density at radius 3 is 2.94 bits per heavy atom. The second kappa shape index (κ2) is 4.87. The molecule has 18 heavy (non-hydrogen) atoms. The normalized spacial score (nSPS) is 10.6. The Balaban J connectivity index is 2.71. The molecule has 2 rings (SSSR count). The van der Waals surface area contributed by atoms with Gasteiger partial charge in [0.1, 0.15) is 0 Å². The highest BCUT2D eigenvalue weighted by Crippen LogP contribution is 2.31. The Bertz CT molecular complexity index is 664. The van der Waals surface area contributed by atoms with Gasteiger partial charge in [0.15, 0.2) is 10.6 Å². The predicted octanol–water partition coefficient (Wildman–Crippen LogP) is 3.19. The van der Waals surface area contributed by atoms with E-state index in [4.69, 9.17) is 23.8 Å². The van der Waals surface area contributed by atoms with Crippen molar-refractivity contribution < 1.29 is 4.92 Å². The van der Waals surface area contributed by atoms with Gasteiger partial charge in [0.2, 0.25) is 0 Å². The van der Waals surface area contributed by atoms with Gasteiger partial charge in [-0.2, -0.15) is 5.10 Å². The van der Waals surface area contributed by atoms with E-state index >= 15 is 0 Å². The summed E-state index contributed by atoms with van der Waals surface area (Å²) in [5.74, 6) is 0.436. The number of nitrogens with zero attached hydrogens (tertiary/aromatic N) is 3. The molecule has 0 fully saturated rings. The number of aromatic nitrogens is 3. The zero-order valence-corrected chi connectivity index (χ0v) is 11.0. The minimum atomic E-state index is -0.487. The van der Waals surface area contributed by atoms with E-state index in [1.165, 1.54) is 6.07 Å². The number of rotatable bonds is 3. The van der Waals surface area contributed by atoms with Crippen molar-refractivity contribution in [3.05, 3.63) is 38.1 Å². The standard InChI is InChI=1S/C10H9ClN4O2S/c1-2-14-9(12-13-10(14)18)7-4-3-6(11)5-8(7)15(16)17/h3-5H,2H2,1H3,(H,13,18). The molecule has 0 amide bonds. The average Bonchev–Trinajstić information content (AvgIpc) is 2.70. The van der Waals surface area contributed by atoms with Crippen LogP contribution in [0.5, 0.6) is 0 Å². The molecule has 1 heterocycles. The zero-order valence-electron chi connectivity index (χ0n) is 9.38. The Morgan fingerprint density at radius 1 is 1.61 bits per heavy atom. The molecule has 0 unspecified atom stereocenters. The highest BCUT2D eigenvalue weighted by Gasteiger charge is 2.20. The van der Waals surface area contributed by atoms with Crippen LogP contribution in [0.1, 0.15) is 6.92 Å². The van der Waals surface area contributed by atoms with E-state index in [1.54, 1.807) is 16.7 Å². The number of halogens is 1. The molecule has 6 nitrogen and oxygen atoms in total. The first-order chi connectivity index (χ1) is 8.54. The molecular formula is C10H9ClN4O2S. The molecule has 2 aromatic rings. The summed E-state index contributed by atoms with van der Waals surface area (Å²) in [7, 11) is 0.